The molecule has 0 bridgehead atoms. The lowest BCUT2D eigenvalue weighted by molar-refractivity contribution is -0.134. The minimum Gasteiger partial charge on any atom is -0.473 e. The van der Waals surface area contributed by atoms with Crippen molar-refractivity contribution in [2.75, 3.05) is 0 Å². The molecule has 2 amide bonds. The van der Waals surface area contributed by atoms with Crippen molar-refractivity contribution in [1.29, 1.82) is 0 Å². The largest absolute Gasteiger partial charge is 0.503 e. The van der Waals surface area contributed by atoms with E-state index in [1.807, 2.05) is 209 Å². The molecule has 396 valence electrons. The first-order valence-electron chi connectivity index (χ1n) is 25.7. The molecule has 2 aliphatic rings. The van der Waals surface area contributed by atoms with Gasteiger partial charge in [-0.05, 0) is 134 Å². The molecule has 2 atom stereocenters. The van der Waals surface area contributed by atoms with Crippen molar-refractivity contribution in [3.05, 3.63) is 198 Å². The third kappa shape index (κ3) is 12.8. The molecule has 10 heterocycles. The van der Waals surface area contributed by atoms with Gasteiger partial charge in [-0.1, -0.05) is 66.7 Å². The third-order valence-electron chi connectivity index (χ3n) is 13.8. The topological polar surface area (TPSA) is 162 Å². The summed E-state index contributed by atoms with van der Waals surface area (Å²) in [6, 6.07) is 46.0. The number of aryl methyl sites for hydroxylation is 5. The van der Waals surface area contributed by atoms with Crippen LogP contribution in [0.3, 0.4) is 0 Å². The van der Waals surface area contributed by atoms with E-state index in [0.717, 1.165) is 77.2 Å². The van der Waals surface area contributed by atoms with Crippen LogP contribution in [0.25, 0.3) is 44.4 Å². The second-order valence-electron chi connectivity index (χ2n) is 20.1. The van der Waals surface area contributed by atoms with Crippen molar-refractivity contribution >= 4 is 73.4 Å². The number of nitrogens with zero attached hydrogens (tertiary/aromatic N) is 8. The Kier molecular flexibility index (Phi) is 16.6. The number of rotatable bonds is 9. The number of pyridine rings is 5. The molecule has 2 fully saturated rings. The number of hydrogen-bond acceptors (Lipinski definition) is 11. The smallest absolute Gasteiger partial charge is 0.473 e. The Morgan fingerprint density at radius 1 is 0.628 bits per heavy atom. The SMILES string of the molecule is Cc1ccc(-c2ccc3ccn(C)c3n2)c(OCc2ccccc2)n1.Cn1ccc2ccc(Br)nc21.Cn1ccc2ccc(C3CCC(=O)NC3=O)nc21.[CH2+]C1(C)OB(c2ccc(C)nc2OCc2ccccc2)OC1(C)C. The van der Waals surface area contributed by atoms with Gasteiger partial charge in [0.15, 0.2) is 0 Å². The van der Waals surface area contributed by atoms with Crippen LogP contribution >= 0.6 is 15.9 Å². The number of benzene rings is 2. The van der Waals surface area contributed by atoms with Gasteiger partial charge in [-0.25, -0.2) is 24.9 Å². The Morgan fingerprint density at radius 2 is 1.15 bits per heavy atom. The van der Waals surface area contributed by atoms with Crippen LogP contribution in [-0.2, 0) is 53.3 Å². The molecule has 2 aliphatic heterocycles. The first kappa shape index (κ1) is 54.7. The van der Waals surface area contributed by atoms with Gasteiger partial charge in [-0.2, -0.15) is 0 Å². The van der Waals surface area contributed by atoms with E-state index in [9.17, 15) is 9.59 Å². The summed E-state index contributed by atoms with van der Waals surface area (Å²) in [5.74, 6) is 0.396. The first-order valence-corrected chi connectivity index (χ1v) is 26.5. The maximum absolute atomic E-state index is 11.8. The van der Waals surface area contributed by atoms with Crippen molar-refractivity contribution < 1.29 is 28.4 Å². The lowest BCUT2D eigenvalue weighted by atomic mass is 9.79. The molecule has 12 rings (SSSR count). The predicted molar refractivity (Wildman–Crippen MR) is 309 cm³/mol. The standard InChI is InChI=1S/C21H19N3O.C19H23BNO3.C13H13N3O2.C8H7BrN2/c1-15-8-10-18(19-11-9-17-12-13-24(2)20(17)23-19)21(22-15)25-14-16-6-4-3-5-7-16;1-14-11-12-16(20-23-18(2,3)19(4,5)24-20)17(21-14)22-13-15-9-7-6-8-10-15;1-16-7-6-8-2-4-10(14-12(8)16)9-3-5-11(17)15-13(9)18;1-11-5-4-6-2-3-7(9)10-8(6)11/h3-13H,14H2,1-2H3;6-12H,2,13H2,1,3-5H3;2,4,6-7,9H,3,5H2,1H3,(H,15,17,18);2-5H,1H3/q;+1;;. The zero-order valence-corrected chi connectivity index (χ0v) is 46.7. The highest BCUT2D eigenvalue weighted by Crippen LogP contribution is 2.37. The number of fused-ring (bicyclic) bond motifs is 3. The fourth-order valence-electron chi connectivity index (χ4n) is 8.76. The number of imide groups is 1. The highest BCUT2D eigenvalue weighted by Gasteiger charge is 2.58. The van der Waals surface area contributed by atoms with Gasteiger partial charge in [0.2, 0.25) is 29.2 Å². The van der Waals surface area contributed by atoms with Gasteiger partial charge in [0.25, 0.3) is 0 Å². The number of hydrogen-bond donors (Lipinski definition) is 1. The molecule has 0 radical (unpaired) electrons. The molecule has 2 aromatic carbocycles. The Labute approximate surface area is 463 Å². The van der Waals surface area contributed by atoms with E-state index in [1.54, 1.807) is 0 Å². The van der Waals surface area contributed by atoms with Crippen LogP contribution in [0.4, 0.5) is 0 Å². The molecular formula is C61H62BBrN9O6+. The van der Waals surface area contributed by atoms with Crippen molar-refractivity contribution in [2.45, 2.75) is 77.8 Å². The number of carbonyl (C=O) groups is 2. The molecule has 10 aromatic rings. The van der Waals surface area contributed by atoms with Gasteiger partial charge in [0, 0.05) is 86.1 Å². The summed E-state index contributed by atoms with van der Waals surface area (Å²) in [5, 5.41) is 5.71. The van der Waals surface area contributed by atoms with Crippen LogP contribution in [0.2, 0.25) is 0 Å². The van der Waals surface area contributed by atoms with Gasteiger partial charge in [-0.3, -0.25) is 14.9 Å². The average Bonchev–Trinajstić information content (AvgIpc) is 4.27. The van der Waals surface area contributed by atoms with E-state index >= 15 is 0 Å². The maximum atomic E-state index is 11.8. The predicted octanol–water partition coefficient (Wildman–Crippen LogP) is 11.0. The number of ether oxygens (including phenoxy) is 2. The quantitative estimate of drug-likeness (QED) is 0.0633. The fourth-order valence-corrected chi connectivity index (χ4v) is 9.06. The molecule has 0 aliphatic carbocycles. The molecule has 15 nitrogen and oxygen atoms in total. The second kappa shape index (κ2) is 23.6. The van der Waals surface area contributed by atoms with E-state index in [4.69, 9.17) is 23.8 Å². The number of halogens is 1. The lowest BCUT2D eigenvalue weighted by Gasteiger charge is -2.25. The average molecular weight is 1110 g/mol. The first-order chi connectivity index (χ1) is 37.4. The van der Waals surface area contributed by atoms with Crippen molar-refractivity contribution in [3.63, 3.8) is 0 Å². The second-order valence-corrected chi connectivity index (χ2v) is 20.9. The monoisotopic (exact) mass is 1110 g/mol. The number of piperidine rings is 1. The Balaban J connectivity index is 0.000000131. The van der Waals surface area contributed by atoms with E-state index in [-0.39, 0.29) is 17.7 Å². The highest BCUT2D eigenvalue weighted by atomic mass is 79.9. The maximum Gasteiger partial charge on any atom is 0.503 e. The van der Waals surface area contributed by atoms with Crippen molar-refractivity contribution in [1.82, 2.24) is 43.9 Å². The van der Waals surface area contributed by atoms with Crippen LogP contribution in [0.15, 0.2) is 163 Å². The molecule has 0 saturated carbocycles. The fraction of sp³-hybridized carbons (Fsp3) is 0.246. The summed E-state index contributed by atoms with van der Waals surface area (Å²) in [4.78, 5) is 45.6. The summed E-state index contributed by atoms with van der Waals surface area (Å²) >= 11 is 3.33. The van der Waals surface area contributed by atoms with E-state index < -0.39 is 18.3 Å². The lowest BCUT2D eigenvalue weighted by Crippen LogP contribution is -2.42. The molecular weight excluding hydrogens is 1050 g/mol. The van der Waals surface area contributed by atoms with Gasteiger partial charge in [0.05, 0.1) is 29.8 Å². The third-order valence-corrected chi connectivity index (χ3v) is 14.2. The van der Waals surface area contributed by atoms with Gasteiger partial charge < -0.3 is 32.5 Å². The van der Waals surface area contributed by atoms with Crippen molar-refractivity contribution in [2.24, 2.45) is 21.1 Å². The van der Waals surface area contributed by atoms with Crippen LogP contribution in [0, 0.1) is 20.8 Å². The Hall–Kier alpha value is -8.12. The normalized spacial score (nSPS) is 16.6. The van der Waals surface area contributed by atoms with E-state index in [2.05, 4.69) is 66.3 Å². The zero-order chi connectivity index (χ0) is 55.1. The summed E-state index contributed by atoms with van der Waals surface area (Å²) in [6.07, 6.45) is 6.87. The van der Waals surface area contributed by atoms with Gasteiger partial charge in [0.1, 0.15) is 40.4 Å². The Morgan fingerprint density at radius 3 is 1.73 bits per heavy atom. The molecule has 2 saturated heterocycles. The molecule has 0 spiro atoms. The minimum atomic E-state index is -0.640. The molecule has 17 heteroatoms. The molecule has 1 N–H and O–H groups in total. The number of nitrogens with one attached hydrogen (secondary N) is 1. The Bertz CT molecular complexity index is 3710. The molecule has 2 unspecified atom stereocenters. The number of aromatic nitrogens is 8. The summed E-state index contributed by atoms with van der Waals surface area (Å²) in [6.45, 7) is 14.8. The van der Waals surface area contributed by atoms with E-state index in [1.165, 1.54) is 5.39 Å². The summed E-state index contributed by atoms with van der Waals surface area (Å²) < 4.78 is 30.9. The minimum absolute atomic E-state index is 0.198. The molecule has 8 aromatic heterocycles. The van der Waals surface area contributed by atoms with Crippen LogP contribution < -0.4 is 20.3 Å². The van der Waals surface area contributed by atoms with Crippen molar-refractivity contribution in [3.8, 4) is 23.0 Å². The highest BCUT2D eigenvalue weighted by molar-refractivity contribution is 9.10. The summed E-state index contributed by atoms with van der Waals surface area (Å²) in [5.41, 5.74) is 8.98. The van der Waals surface area contributed by atoms with Gasteiger partial charge in [-0.15, -0.1) is 0 Å². The van der Waals surface area contributed by atoms with Crippen LogP contribution in [0.1, 0.15) is 67.7 Å². The number of amides is 2. The zero-order valence-electron chi connectivity index (χ0n) is 45.1. The van der Waals surface area contributed by atoms with Gasteiger partial charge >= 0.3 is 7.12 Å². The van der Waals surface area contributed by atoms with Crippen LogP contribution in [-0.4, -0.2) is 68.8 Å². The molecule has 78 heavy (non-hydrogen) atoms. The summed E-state index contributed by atoms with van der Waals surface area (Å²) in [7, 11) is 5.37. The van der Waals surface area contributed by atoms with Crippen LogP contribution in [0.5, 0.6) is 11.8 Å². The number of carbonyl (C=O) groups excluding carboxylic acids is 2. The van der Waals surface area contributed by atoms with E-state index in [0.29, 0.717) is 37.8 Å².